The number of rotatable bonds is 9. The smallest absolute Gasteiger partial charge is 0.389 e. The standard InChI is InChI=1S/C21H23F3N6O3S/c1-3-34(32,33)30-18-15(5-4-10-25-18)11-26-19-17(21(22,23)24)12-27-20(29-19)28-16-8-6-14(7-9-16)13(2)31/h4-10,12-13,31H,3,11H2,1-2H3,(H,25,30)(H2,26,27,28,29). The number of halogens is 3. The fraction of sp³-hybridized carbons (Fsp3) is 0.286. The maximum Gasteiger partial charge on any atom is 0.421 e. The van der Waals surface area contributed by atoms with Crippen molar-refractivity contribution in [3.63, 3.8) is 0 Å². The van der Waals surface area contributed by atoms with Crippen LogP contribution in [0.4, 0.5) is 36.4 Å². The number of alkyl halides is 3. The topological polar surface area (TPSA) is 129 Å². The highest BCUT2D eigenvalue weighted by atomic mass is 32.2. The molecule has 13 heteroatoms. The third-order valence-electron chi connectivity index (χ3n) is 4.71. The number of aromatic nitrogens is 3. The molecule has 0 aliphatic rings. The Morgan fingerprint density at radius 3 is 2.41 bits per heavy atom. The number of anilines is 4. The van der Waals surface area contributed by atoms with Crippen LogP contribution in [0.1, 0.15) is 36.6 Å². The zero-order chi connectivity index (χ0) is 24.9. The van der Waals surface area contributed by atoms with E-state index in [1.807, 2.05) is 0 Å². The molecule has 4 N–H and O–H groups in total. The Morgan fingerprint density at radius 1 is 1.09 bits per heavy atom. The number of hydrogen-bond acceptors (Lipinski definition) is 8. The number of aliphatic hydroxyl groups is 1. The van der Waals surface area contributed by atoms with Gasteiger partial charge in [-0.05, 0) is 37.6 Å². The van der Waals surface area contributed by atoms with Gasteiger partial charge in [0.15, 0.2) is 0 Å². The zero-order valence-corrected chi connectivity index (χ0v) is 19.1. The number of nitrogens with one attached hydrogen (secondary N) is 3. The minimum Gasteiger partial charge on any atom is -0.389 e. The van der Waals surface area contributed by atoms with Gasteiger partial charge >= 0.3 is 6.18 Å². The summed E-state index contributed by atoms with van der Waals surface area (Å²) in [6, 6.07) is 9.67. The number of benzene rings is 1. The van der Waals surface area contributed by atoms with Gasteiger partial charge in [-0.1, -0.05) is 18.2 Å². The van der Waals surface area contributed by atoms with Gasteiger partial charge in [0.1, 0.15) is 17.2 Å². The van der Waals surface area contributed by atoms with Crippen molar-refractivity contribution < 1.29 is 26.7 Å². The number of sulfonamides is 1. The number of aliphatic hydroxyl groups excluding tert-OH is 1. The molecule has 34 heavy (non-hydrogen) atoms. The number of hydrogen-bond donors (Lipinski definition) is 4. The molecule has 3 rings (SSSR count). The van der Waals surface area contributed by atoms with E-state index in [4.69, 9.17) is 0 Å². The Morgan fingerprint density at radius 2 is 1.79 bits per heavy atom. The maximum absolute atomic E-state index is 13.5. The van der Waals surface area contributed by atoms with E-state index in [0.717, 1.165) is 0 Å². The van der Waals surface area contributed by atoms with Crippen molar-refractivity contribution in [2.45, 2.75) is 32.7 Å². The van der Waals surface area contributed by atoms with Crippen LogP contribution in [0.25, 0.3) is 0 Å². The van der Waals surface area contributed by atoms with E-state index < -0.39 is 33.7 Å². The van der Waals surface area contributed by atoms with E-state index in [2.05, 4.69) is 30.3 Å². The summed E-state index contributed by atoms with van der Waals surface area (Å²) < 4.78 is 66.7. The molecular formula is C21H23F3N6O3S. The van der Waals surface area contributed by atoms with Crippen LogP contribution in [0.2, 0.25) is 0 Å². The van der Waals surface area contributed by atoms with Gasteiger partial charge in [-0.3, -0.25) is 4.72 Å². The normalized spacial score (nSPS) is 12.8. The quantitative estimate of drug-likeness (QED) is 0.349. The summed E-state index contributed by atoms with van der Waals surface area (Å²) in [5.41, 5.74) is 0.433. The van der Waals surface area contributed by atoms with E-state index in [9.17, 15) is 26.7 Å². The molecule has 1 atom stereocenters. The first kappa shape index (κ1) is 25.2. The van der Waals surface area contributed by atoms with Crippen molar-refractivity contribution >= 4 is 33.3 Å². The third kappa shape index (κ3) is 6.54. The van der Waals surface area contributed by atoms with E-state index in [1.54, 1.807) is 31.2 Å². The lowest BCUT2D eigenvalue weighted by molar-refractivity contribution is -0.137. The van der Waals surface area contributed by atoms with E-state index in [0.29, 0.717) is 23.0 Å². The summed E-state index contributed by atoms with van der Waals surface area (Å²) in [4.78, 5) is 11.7. The lowest BCUT2D eigenvalue weighted by Gasteiger charge is -2.16. The number of nitrogens with zero attached hydrogens (tertiary/aromatic N) is 3. The van der Waals surface area contributed by atoms with Gasteiger partial charge in [-0.2, -0.15) is 18.2 Å². The molecule has 0 spiro atoms. The van der Waals surface area contributed by atoms with E-state index in [1.165, 1.54) is 25.3 Å². The molecule has 0 aliphatic carbocycles. The van der Waals surface area contributed by atoms with Gasteiger partial charge in [0, 0.05) is 30.2 Å². The van der Waals surface area contributed by atoms with Crippen molar-refractivity contribution in [2.24, 2.45) is 0 Å². The maximum atomic E-state index is 13.5. The van der Waals surface area contributed by atoms with E-state index in [-0.39, 0.29) is 24.1 Å². The summed E-state index contributed by atoms with van der Waals surface area (Å²) in [5, 5.41) is 15.0. The molecule has 0 bridgehead atoms. The molecule has 2 aromatic heterocycles. The van der Waals surface area contributed by atoms with E-state index >= 15 is 0 Å². The SMILES string of the molecule is CCS(=O)(=O)Nc1ncccc1CNc1nc(Nc2ccc(C(C)O)cc2)ncc1C(F)(F)F. The van der Waals surface area contributed by atoms with Gasteiger partial charge in [0.05, 0.1) is 11.9 Å². The Bertz CT molecular complexity index is 1240. The molecule has 0 amide bonds. The minimum absolute atomic E-state index is 0.0102. The van der Waals surface area contributed by atoms with Crippen molar-refractivity contribution in [1.82, 2.24) is 15.0 Å². The predicted octanol–water partition coefficient (Wildman–Crippen LogP) is 4.06. The van der Waals surface area contributed by atoms with Crippen molar-refractivity contribution in [2.75, 3.05) is 21.1 Å². The average Bonchev–Trinajstić information content (AvgIpc) is 2.78. The van der Waals surface area contributed by atoms with Crippen LogP contribution < -0.4 is 15.4 Å². The first-order valence-corrected chi connectivity index (χ1v) is 11.8. The fourth-order valence-corrected chi connectivity index (χ4v) is 3.45. The Balaban J connectivity index is 1.86. The molecule has 2 heterocycles. The van der Waals surface area contributed by atoms with Crippen LogP contribution in [-0.4, -0.2) is 34.2 Å². The molecule has 182 valence electrons. The Kier molecular flexibility index (Phi) is 7.57. The first-order chi connectivity index (χ1) is 16.0. The summed E-state index contributed by atoms with van der Waals surface area (Å²) >= 11 is 0. The van der Waals surface area contributed by atoms with Crippen molar-refractivity contribution in [3.8, 4) is 0 Å². The van der Waals surface area contributed by atoms with Crippen molar-refractivity contribution in [1.29, 1.82) is 0 Å². The molecule has 9 nitrogen and oxygen atoms in total. The molecule has 0 saturated carbocycles. The van der Waals surface area contributed by atoms with Crippen LogP contribution in [0.15, 0.2) is 48.8 Å². The molecule has 0 radical (unpaired) electrons. The van der Waals surface area contributed by atoms with Gasteiger partial charge in [0.2, 0.25) is 16.0 Å². The largest absolute Gasteiger partial charge is 0.421 e. The molecule has 0 saturated heterocycles. The van der Waals surface area contributed by atoms with Crippen LogP contribution in [0.3, 0.4) is 0 Å². The van der Waals surface area contributed by atoms with Gasteiger partial charge in [-0.25, -0.2) is 18.4 Å². The van der Waals surface area contributed by atoms with Crippen LogP contribution in [0.5, 0.6) is 0 Å². The summed E-state index contributed by atoms with van der Waals surface area (Å²) in [6.07, 6.45) is -3.35. The highest BCUT2D eigenvalue weighted by molar-refractivity contribution is 7.92. The fourth-order valence-electron chi connectivity index (χ4n) is 2.83. The Hall–Kier alpha value is -3.45. The summed E-state index contributed by atoms with van der Waals surface area (Å²) in [7, 11) is -3.63. The van der Waals surface area contributed by atoms with Crippen LogP contribution in [-0.2, 0) is 22.7 Å². The molecular weight excluding hydrogens is 473 g/mol. The monoisotopic (exact) mass is 496 g/mol. The van der Waals surface area contributed by atoms with Crippen LogP contribution >= 0.6 is 0 Å². The van der Waals surface area contributed by atoms with Gasteiger partial charge < -0.3 is 15.7 Å². The highest BCUT2D eigenvalue weighted by Gasteiger charge is 2.35. The average molecular weight is 497 g/mol. The molecule has 0 fully saturated rings. The van der Waals surface area contributed by atoms with Gasteiger partial charge in [-0.15, -0.1) is 0 Å². The van der Waals surface area contributed by atoms with Crippen LogP contribution in [0, 0.1) is 0 Å². The lowest BCUT2D eigenvalue weighted by atomic mass is 10.1. The minimum atomic E-state index is -4.72. The molecule has 1 aromatic carbocycles. The predicted molar refractivity (Wildman–Crippen MR) is 122 cm³/mol. The Labute approximate surface area is 194 Å². The second kappa shape index (κ2) is 10.2. The summed E-state index contributed by atoms with van der Waals surface area (Å²) in [5.74, 6) is -0.749. The summed E-state index contributed by atoms with van der Waals surface area (Å²) in [6.45, 7) is 2.88. The van der Waals surface area contributed by atoms with Gasteiger partial charge in [0.25, 0.3) is 0 Å². The second-order valence-corrected chi connectivity index (χ2v) is 9.26. The lowest BCUT2D eigenvalue weighted by Crippen LogP contribution is -2.18. The zero-order valence-electron chi connectivity index (χ0n) is 18.3. The first-order valence-electron chi connectivity index (χ1n) is 10.2. The van der Waals surface area contributed by atoms with Crippen molar-refractivity contribution in [3.05, 3.63) is 65.5 Å². The third-order valence-corrected chi connectivity index (χ3v) is 5.98. The molecule has 1 unspecified atom stereocenters. The number of pyridine rings is 1. The second-order valence-electron chi connectivity index (χ2n) is 7.25. The molecule has 0 aliphatic heterocycles. The highest BCUT2D eigenvalue weighted by Crippen LogP contribution is 2.34. The molecule has 3 aromatic rings.